The Hall–Kier alpha value is -1.86. The van der Waals surface area contributed by atoms with E-state index < -0.39 is 17.4 Å². The molecule has 0 aromatic carbocycles. The molecule has 0 saturated heterocycles. The largest absolute Gasteiger partial charge is 0.469 e. The smallest absolute Gasteiger partial charge is 0.309 e. The van der Waals surface area contributed by atoms with Gasteiger partial charge in [0.25, 0.3) is 0 Å². The second kappa shape index (κ2) is 7.66. The summed E-state index contributed by atoms with van der Waals surface area (Å²) < 4.78 is 9.87. The molecule has 7 heteroatoms. The highest BCUT2D eigenvalue weighted by atomic mass is 16.5. The minimum absolute atomic E-state index is 0.0514. The van der Waals surface area contributed by atoms with E-state index in [4.69, 9.17) is 9.15 Å². The zero-order valence-electron chi connectivity index (χ0n) is 11.6. The first-order valence-corrected chi connectivity index (χ1v) is 6.24. The molecular weight excluding hydrogens is 264 g/mol. The number of methoxy groups -OCH3 is 1. The van der Waals surface area contributed by atoms with Crippen molar-refractivity contribution in [3.63, 3.8) is 0 Å². The van der Waals surface area contributed by atoms with Crippen molar-refractivity contribution >= 4 is 11.8 Å². The summed E-state index contributed by atoms with van der Waals surface area (Å²) in [6.45, 7) is 2.09. The van der Waals surface area contributed by atoms with Crippen molar-refractivity contribution < 1.29 is 23.8 Å². The van der Waals surface area contributed by atoms with Gasteiger partial charge in [-0.1, -0.05) is 0 Å². The summed E-state index contributed by atoms with van der Waals surface area (Å²) in [5, 5.41) is 14.9. The molecule has 3 N–H and O–H groups in total. The average Bonchev–Trinajstić information content (AvgIpc) is 2.88. The fraction of sp³-hybridized carbons (Fsp3) is 0.538. The maximum absolute atomic E-state index is 11.5. The molecule has 0 unspecified atom stereocenters. The number of nitrogens with one attached hydrogen (secondary N) is 2. The van der Waals surface area contributed by atoms with Crippen LogP contribution in [0.4, 0.5) is 0 Å². The minimum atomic E-state index is -1.19. The van der Waals surface area contributed by atoms with E-state index >= 15 is 0 Å². The lowest BCUT2D eigenvalue weighted by atomic mass is 10.0. The molecule has 0 aliphatic rings. The predicted octanol–water partition coefficient (Wildman–Crippen LogP) is -0.548. The average molecular weight is 284 g/mol. The van der Waals surface area contributed by atoms with E-state index in [1.165, 1.54) is 13.4 Å². The van der Waals surface area contributed by atoms with Crippen molar-refractivity contribution in [2.75, 3.05) is 26.8 Å². The number of hydrogen-bond donors (Lipinski definition) is 3. The van der Waals surface area contributed by atoms with Gasteiger partial charge in [-0.3, -0.25) is 9.59 Å². The van der Waals surface area contributed by atoms with Gasteiger partial charge in [-0.25, -0.2) is 0 Å². The molecule has 0 aliphatic heterocycles. The molecule has 1 rings (SSSR count). The molecule has 0 radical (unpaired) electrons. The summed E-state index contributed by atoms with van der Waals surface area (Å²) >= 11 is 0. The van der Waals surface area contributed by atoms with Gasteiger partial charge in [-0.15, -0.1) is 0 Å². The van der Waals surface area contributed by atoms with Gasteiger partial charge in [-0.05, 0) is 19.1 Å². The molecule has 1 aromatic heterocycles. The third kappa shape index (κ3) is 5.85. The van der Waals surface area contributed by atoms with Gasteiger partial charge in [0.05, 0.1) is 18.5 Å². The number of carbonyl (C=O) groups excluding carboxylic acids is 2. The molecule has 1 aromatic rings. The summed E-state index contributed by atoms with van der Waals surface area (Å²) in [7, 11) is 1.50. The molecule has 7 nitrogen and oxygen atoms in total. The highest BCUT2D eigenvalue weighted by molar-refractivity contribution is 6.35. The van der Waals surface area contributed by atoms with E-state index in [0.717, 1.165) is 0 Å². The summed E-state index contributed by atoms with van der Waals surface area (Å²) in [4.78, 5) is 22.9. The Balaban J connectivity index is 2.33. The normalized spacial score (nSPS) is 13.6. The summed E-state index contributed by atoms with van der Waals surface area (Å²) in [6, 6.07) is 3.45. The lowest BCUT2D eigenvalue weighted by molar-refractivity contribution is -0.139. The number of furan rings is 1. The fourth-order valence-electron chi connectivity index (χ4n) is 1.55. The van der Waals surface area contributed by atoms with Crippen LogP contribution in [0.3, 0.4) is 0 Å². The topological polar surface area (TPSA) is 101 Å². The molecule has 2 amide bonds. The standard InChI is InChI=1S/C13H20N2O5/c1-13(18,8-10-4-3-6-20-10)9-15-12(17)11(16)14-5-7-19-2/h3-4,6,18H,5,7-9H2,1-2H3,(H,14,16)(H,15,17)/t13-/m1/s1. The number of hydrogen-bond acceptors (Lipinski definition) is 5. The Morgan fingerprint density at radius 2 is 2.10 bits per heavy atom. The van der Waals surface area contributed by atoms with Crippen LogP contribution >= 0.6 is 0 Å². The molecule has 20 heavy (non-hydrogen) atoms. The van der Waals surface area contributed by atoms with E-state index in [1.807, 2.05) is 0 Å². The van der Waals surface area contributed by atoms with Gasteiger partial charge in [0.15, 0.2) is 0 Å². The monoisotopic (exact) mass is 284 g/mol. The van der Waals surface area contributed by atoms with Crippen LogP contribution < -0.4 is 10.6 Å². The van der Waals surface area contributed by atoms with Gasteiger partial charge in [0, 0.05) is 26.6 Å². The summed E-state index contributed by atoms with van der Waals surface area (Å²) in [5.41, 5.74) is -1.19. The first kappa shape index (κ1) is 16.2. The van der Waals surface area contributed by atoms with E-state index in [1.54, 1.807) is 19.1 Å². The molecule has 0 aliphatic carbocycles. The molecule has 0 spiro atoms. The number of carbonyl (C=O) groups is 2. The van der Waals surface area contributed by atoms with Crippen molar-refractivity contribution in [1.29, 1.82) is 0 Å². The second-order valence-corrected chi connectivity index (χ2v) is 4.68. The molecule has 0 saturated carbocycles. The third-order valence-electron chi connectivity index (χ3n) is 2.56. The lowest BCUT2D eigenvalue weighted by Crippen LogP contribution is -2.47. The van der Waals surface area contributed by atoms with Gasteiger partial charge < -0.3 is 24.9 Å². The second-order valence-electron chi connectivity index (χ2n) is 4.68. The van der Waals surface area contributed by atoms with Crippen molar-refractivity contribution in [2.45, 2.75) is 18.9 Å². The van der Waals surface area contributed by atoms with Crippen molar-refractivity contribution in [2.24, 2.45) is 0 Å². The molecule has 0 bridgehead atoms. The zero-order chi connectivity index (χ0) is 15.0. The van der Waals surface area contributed by atoms with E-state index in [2.05, 4.69) is 10.6 Å². The SMILES string of the molecule is COCCNC(=O)C(=O)NC[C@](C)(O)Cc1ccco1. The first-order chi connectivity index (χ1) is 9.44. The highest BCUT2D eigenvalue weighted by Crippen LogP contribution is 2.12. The van der Waals surface area contributed by atoms with E-state index in [-0.39, 0.29) is 19.5 Å². The van der Waals surface area contributed by atoms with Crippen LogP contribution in [0, 0.1) is 0 Å². The maximum atomic E-state index is 11.5. The Kier molecular flexibility index (Phi) is 6.20. The van der Waals surface area contributed by atoms with Crippen LogP contribution in [0.25, 0.3) is 0 Å². The first-order valence-electron chi connectivity index (χ1n) is 6.24. The third-order valence-corrected chi connectivity index (χ3v) is 2.56. The maximum Gasteiger partial charge on any atom is 0.309 e. The molecule has 112 valence electrons. The Bertz CT molecular complexity index is 428. The fourth-order valence-corrected chi connectivity index (χ4v) is 1.55. The van der Waals surface area contributed by atoms with Crippen LogP contribution in [0.5, 0.6) is 0 Å². The Morgan fingerprint density at radius 3 is 2.70 bits per heavy atom. The Labute approximate surface area is 117 Å². The minimum Gasteiger partial charge on any atom is -0.469 e. The van der Waals surface area contributed by atoms with Crippen LogP contribution in [0.15, 0.2) is 22.8 Å². The predicted molar refractivity (Wildman–Crippen MR) is 70.9 cm³/mol. The van der Waals surface area contributed by atoms with Crippen LogP contribution in [-0.2, 0) is 20.7 Å². The summed E-state index contributed by atoms with van der Waals surface area (Å²) in [5.74, 6) is -0.939. The quantitative estimate of drug-likeness (QED) is 0.461. The van der Waals surface area contributed by atoms with Crippen LogP contribution in [-0.4, -0.2) is 49.3 Å². The van der Waals surface area contributed by atoms with Crippen molar-refractivity contribution in [1.82, 2.24) is 10.6 Å². The number of aliphatic hydroxyl groups is 1. The Morgan fingerprint density at radius 1 is 1.40 bits per heavy atom. The highest BCUT2D eigenvalue weighted by Gasteiger charge is 2.24. The van der Waals surface area contributed by atoms with Gasteiger partial charge >= 0.3 is 11.8 Å². The van der Waals surface area contributed by atoms with Crippen LogP contribution in [0.2, 0.25) is 0 Å². The van der Waals surface area contributed by atoms with Crippen molar-refractivity contribution in [3.05, 3.63) is 24.2 Å². The van der Waals surface area contributed by atoms with E-state index in [0.29, 0.717) is 12.4 Å². The van der Waals surface area contributed by atoms with E-state index in [9.17, 15) is 14.7 Å². The van der Waals surface area contributed by atoms with Crippen molar-refractivity contribution in [3.8, 4) is 0 Å². The molecule has 1 atom stereocenters. The zero-order valence-corrected chi connectivity index (χ0v) is 11.6. The molecule has 1 heterocycles. The van der Waals surface area contributed by atoms with Gasteiger partial charge in [-0.2, -0.15) is 0 Å². The number of rotatable bonds is 7. The molecular formula is C13H20N2O5. The number of ether oxygens (including phenoxy) is 1. The number of amides is 2. The summed E-state index contributed by atoms with van der Waals surface area (Å²) in [6.07, 6.45) is 1.75. The van der Waals surface area contributed by atoms with Crippen LogP contribution in [0.1, 0.15) is 12.7 Å². The molecule has 0 fully saturated rings. The van der Waals surface area contributed by atoms with Gasteiger partial charge in [0.2, 0.25) is 0 Å². The van der Waals surface area contributed by atoms with Gasteiger partial charge in [0.1, 0.15) is 5.76 Å². The lowest BCUT2D eigenvalue weighted by Gasteiger charge is -2.22.